The molecule has 0 aliphatic heterocycles. The second-order valence-corrected chi connectivity index (χ2v) is 10.3. The molecule has 0 bridgehead atoms. The van der Waals surface area contributed by atoms with E-state index in [1.165, 1.54) is 38.9 Å². The van der Waals surface area contributed by atoms with E-state index in [4.69, 9.17) is 10.5 Å². The van der Waals surface area contributed by atoms with Crippen LogP contribution in [-0.2, 0) is 28.7 Å². The molecule has 1 aromatic rings. The van der Waals surface area contributed by atoms with E-state index in [2.05, 4.69) is 0 Å². The van der Waals surface area contributed by atoms with Crippen molar-refractivity contribution in [2.24, 2.45) is 29.4 Å². The van der Waals surface area contributed by atoms with Gasteiger partial charge in [0.25, 0.3) is 0 Å². The number of likely N-dealkylation sites (N-methyl/N-ethyl adjacent to an activating group) is 1. The molecule has 1 aromatic carbocycles. The number of ketones is 4. The number of Topliss-reactive ketones (excluding diaryl/α,β-unsaturated/α-hetero) is 4. The number of phenols is 1. The maximum Gasteiger partial charge on any atom is 0.311 e. The number of carbonyl (C=O) groups is 6. The van der Waals surface area contributed by atoms with Gasteiger partial charge >= 0.3 is 11.7 Å². The summed E-state index contributed by atoms with van der Waals surface area (Å²) in [6.07, 6.45) is -1.74. The molecule has 3 unspecified atom stereocenters. The minimum atomic E-state index is -3.16. The van der Waals surface area contributed by atoms with Gasteiger partial charge in [-0.1, -0.05) is 19.9 Å². The van der Waals surface area contributed by atoms with Crippen molar-refractivity contribution in [1.29, 1.82) is 0 Å². The summed E-state index contributed by atoms with van der Waals surface area (Å²) in [7, 11) is 2.79. The number of carbonyl (C=O) groups excluding carboxylic acids is 6. The van der Waals surface area contributed by atoms with Crippen LogP contribution in [-0.4, -0.2) is 86.9 Å². The third-order valence-electron chi connectivity index (χ3n) is 8.19. The summed E-state index contributed by atoms with van der Waals surface area (Å²) < 4.78 is 5.67. The summed E-state index contributed by atoms with van der Waals surface area (Å²) in [4.78, 5) is 91.2. The van der Waals surface area contributed by atoms with Crippen LogP contribution in [0.15, 0.2) is 12.1 Å². The maximum absolute atomic E-state index is 14.0. The van der Waals surface area contributed by atoms with Crippen LogP contribution in [0.5, 0.6) is 5.75 Å². The quantitative estimate of drug-likeness (QED) is 0.180. The number of nitro benzene ring substituents is 1. The summed E-state index contributed by atoms with van der Waals surface area (Å²) in [5, 5.41) is 33.9. The number of benzene rings is 1. The highest BCUT2D eigenvalue weighted by Crippen LogP contribution is 2.56. The number of phenolic OH excluding ortho intramolecular Hbond substituents is 1. The van der Waals surface area contributed by atoms with Gasteiger partial charge in [-0.15, -0.1) is 0 Å². The molecule has 2 fully saturated rings. The van der Waals surface area contributed by atoms with E-state index < -0.39 is 104 Å². The topological polar surface area (TPSA) is 225 Å². The van der Waals surface area contributed by atoms with Gasteiger partial charge in [-0.25, -0.2) is 0 Å². The van der Waals surface area contributed by atoms with Crippen LogP contribution in [0.3, 0.4) is 0 Å². The van der Waals surface area contributed by atoms with Gasteiger partial charge in [0.05, 0.1) is 28.4 Å². The van der Waals surface area contributed by atoms with Crippen LogP contribution in [0.1, 0.15) is 42.1 Å². The molecule has 39 heavy (non-hydrogen) atoms. The second-order valence-electron chi connectivity index (χ2n) is 10.3. The number of aromatic hydroxyl groups is 1. The van der Waals surface area contributed by atoms with Gasteiger partial charge in [-0.05, 0) is 25.6 Å². The lowest BCUT2D eigenvalue weighted by atomic mass is 9.49. The lowest BCUT2D eigenvalue weighted by Gasteiger charge is -2.56. The number of esters is 1. The van der Waals surface area contributed by atoms with Crippen molar-refractivity contribution in [1.82, 2.24) is 4.90 Å². The predicted octanol–water partition coefficient (Wildman–Crippen LogP) is -0.732. The Kier molecular flexibility index (Phi) is 6.68. The highest BCUT2D eigenvalue weighted by molar-refractivity contribution is 6.32. The molecule has 14 heteroatoms. The third kappa shape index (κ3) is 3.69. The minimum Gasteiger partial charge on any atom is -0.502 e. The molecule has 0 radical (unpaired) electrons. The molecule has 0 heterocycles. The summed E-state index contributed by atoms with van der Waals surface area (Å²) in [5.74, 6) is -16.2. The van der Waals surface area contributed by atoms with E-state index in [1.807, 2.05) is 0 Å². The van der Waals surface area contributed by atoms with Crippen molar-refractivity contribution < 1.29 is 48.6 Å². The van der Waals surface area contributed by atoms with Crippen molar-refractivity contribution >= 4 is 40.7 Å². The number of ether oxygens (including phenoxy) is 1. The molecule has 4 rings (SSSR count). The van der Waals surface area contributed by atoms with Gasteiger partial charge in [-0.3, -0.25) is 43.8 Å². The Hall–Kier alpha value is -4.04. The number of fused-ring (bicyclic) bond motifs is 3. The zero-order chi connectivity index (χ0) is 29.3. The second kappa shape index (κ2) is 9.31. The average Bonchev–Trinajstić information content (AvgIpc) is 2.84. The molecule has 0 saturated heterocycles. The van der Waals surface area contributed by atoms with Crippen molar-refractivity contribution in [3.63, 3.8) is 0 Å². The fraction of sp³-hybridized carbons (Fsp3) is 0.520. The Labute approximate surface area is 221 Å². The van der Waals surface area contributed by atoms with E-state index in [1.54, 1.807) is 0 Å². The zero-order valence-corrected chi connectivity index (χ0v) is 21.4. The standard InChI is InChI=1S/C25H27N3O11/c1-5-11(29)39-21-12-8(2)9-6-7-10(28(37)38)18(30)13(9)19(31)14(12)22(33)25(36)16(21)17(27(3)4)20(32)15(23(25)34)24(26)35/h6-8,12,14-17,21,30,36H,5H2,1-4H3,(H2,26,35)/t8-,12+,14?,15?,16+,17?,21-,25-/m0/s1. The number of nitrogens with zero attached hydrogens (tertiary/aromatic N) is 2. The Morgan fingerprint density at radius 3 is 2.31 bits per heavy atom. The number of hydrogen-bond acceptors (Lipinski definition) is 12. The number of aliphatic hydroxyl groups is 1. The Balaban J connectivity index is 2.04. The fourth-order valence-electron chi connectivity index (χ4n) is 6.48. The Bertz CT molecular complexity index is 1350. The number of nitro groups is 1. The normalized spacial score (nSPS) is 33.7. The first kappa shape index (κ1) is 28.0. The number of nitrogens with two attached hydrogens (primary N) is 1. The summed E-state index contributed by atoms with van der Waals surface area (Å²) in [5.41, 5.74) is 0.925. The zero-order valence-electron chi connectivity index (χ0n) is 21.4. The summed E-state index contributed by atoms with van der Waals surface area (Å²) in [6, 6.07) is 0.721. The van der Waals surface area contributed by atoms with Crippen LogP contribution < -0.4 is 5.73 Å². The SMILES string of the molecule is CCC(=O)O[C@H]1[C@H]2C(C(=O)c3c(ccc([N+](=O)[O-])c3O)[C@@H]2C)C(=O)[C@]2(O)C(=O)C(C(N)=O)C(=O)C(N(C)C)[C@H]12. The van der Waals surface area contributed by atoms with Crippen LogP contribution in [0.2, 0.25) is 0 Å². The molecule has 2 saturated carbocycles. The smallest absolute Gasteiger partial charge is 0.311 e. The number of rotatable bonds is 5. The predicted molar refractivity (Wildman–Crippen MR) is 128 cm³/mol. The van der Waals surface area contributed by atoms with Gasteiger partial charge in [0, 0.05) is 18.4 Å². The van der Waals surface area contributed by atoms with Gasteiger partial charge in [0.15, 0.2) is 34.7 Å². The largest absolute Gasteiger partial charge is 0.502 e. The first-order valence-electron chi connectivity index (χ1n) is 12.2. The lowest BCUT2D eigenvalue weighted by Crippen LogP contribution is -2.78. The average molecular weight is 546 g/mol. The minimum absolute atomic E-state index is 0.116. The molecule has 3 aliphatic carbocycles. The third-order valence-corrected chi connectivity index (χ3v) is 8.19. The number of hydrogen-bond donors (Lipinski definition) is 3. The molecular formula is C25H27N3O11. The van der Waals surface area contributed by atoms with Gasteiger partial charge in [-0.2, -0.15) is 0 Å². The maximum atomic E-state index is 14.0. The Morgan fingerprint density at radius 2 is 1.79 bits per heavy atom. The highest BCUT2D eigenvalue weighted by Gasteiger charge is 2.74. The number of primary amides is 1. The summed E-state index contributed by atoms with van der Waals surface area (Å²) >= 11 is 0. The van der Waals surface area contributed by atoms with Gasteiger partial charge < -0.3 is 20.7 Å². The van der Waals surface area contributed by atoms with Crippen molar-refractivity contribution in [2.75, 3.05) is 14.1 Å². The van der Waals surface area contributed by atoms with E-state index in [0.29, 0.717) is 0 Å². The van der Waals surface area contributed by atoms with Crippen molar-refractivity contribution in [3.8, 4) is 5.75 Å². The molecule has 3 aliphatic rings. The molecule has 0 aromatic heterocycles. The van der Waals surface area contributed by atoms with E-state index in [0.717, 1.165) is 6.07 Å². The van der Waals surface area contributed by atoms with Crippen LogP contribution in [0.4, 0.5) is 5.69 Å². The number of amides is 1. The molecule has 4 N–H and O–H groups in total. The monoisotopic (exact) mass is 545 g/mol. The lowest BCUT2D eigenvalue weighted by molar-refractivity contribution is -0.385. The molecule has 14 nitrogen and oxygen atoms in total. The molecule has 208 valence electrons. The van der Waals surface area contributed by atoms with E-state index >= 15 is 0 Å². The van der Waals surface area contributed by atoms with Gasteiger partial charge in [0.2, 0.25) is 11.7 Å². The highest BCUT2D eigenvalue weighted by atomic mass is 16.6. The molecule has 0 spiro atoms. The van der Waals surface area contributed by atoms with Crippen molar-refractivity contribution in [3.05, 3.63) is 33.4 Å². The fourth-order valence-corrected chi connectivity index (χ4v) is 6.48. The molecule has 1 amide bonds. The van der Waals surface area contributed by atoms with Crippen molar-refractivity contribution in [2.45, 2.75) is 43.9 Å². The molecular weight excluding hydrogens is 518 g/mol. The van der Waals surface area contributed by atoms with Crippen LogP contribution >= 0.6 is 0 Å². The van der Waals surface area contributed by atoms with E-state index in [9.17, 15) is 49.1 Å². The first-order chi connectivity index (χ1) is 18.1. The summed E-state index contributed by atoms with van der Waals surface area (Å²) in [6.45, 7) is 2.99. The van der Waals surface area contributed by atoms with Gasteiger partial charge in [0.1, 0.15) is 6.10 Å². The Morgan fingerprint density at radius 1 is 1.18 bits per heavy atom. The van der Waals surface area contributed by atoms with E-state index in [-0.39, 0.29) is 12.0 Å². The van der Waals surface area contributed by atoms with Crippen LogP contribution in [0, 0.1) is 33.8 Å². The first-order valence-corrected chi connectivity index (χ1v) is 12.2. The van der Waals surface area contributed by atoms with Crippen LogP contribution in [0.25, 0.3) is 0 Å². The molecule has 8 atom stereocenters.